The molecule has 16 heavy (non-hydrogen) atoms. The van der Waals surface area contributed by atoms with E-state index >= 15 is 0 Å². The predicted molar refractivity (Wildman–Crippen MR) is 64.3 cm³/mol. The SMILES string of the molecule is Cc1ccc(C=O)c(-c2c(Br)nnn2C)c1. The summed E-state index contributed by atoms with van der Waals surface area (Å²) in [7, 11) is 1.80. The highest BCUT2D eigenvalue weighted by atomic mass is 79.9. The van der Waals surface area contributed by atoms with Crippen LogP contribution in [0.1, 0.15) is 15.9 Å². The predicted octanol–water partition coefficient (Wildman–Crippen LogP) is 2.37. The van der Waals surface area contributed by atoms with Crippen LogP contribution in [0.5, 0.6) is 0 Å². The van der Waals surface area contributed by atoms with Crippen molar-refractivity contribution < 1.29 is 4.79 Å². The fourth-order valence-electron chi connectivity index (χ4n) is 1.60. The summed E-state index contributed by atoms with van der Waals surface area (Å²) in [5, 5.41) is 7.81. The van der Waals surface area contributed by atoms with Crippen LogP contribution in [0.15, 0.2) is 22.8 Å². The summed E-state index contributed by atoms with van der Waals surface area (Å²) in [5.74, 6) is 0. The lowest BCUT2D eigenvalue weighted by Gasteiger charge is -2.06. The van der Waals surface area contributed by atoms with Crippen molar-refractivity contribution in [1.82, 2.24) is 15.0 Å². The van der Waals surface area contributed by atoms with Crippen LogP contribution in [0.4, 0.5) is 0 Å². The largest absolute Gasteiger partial charge is 0.298 e. The van der Waals surface area contributed by atoms with E-state index in [2.05, 4.69) is 26.2 Å². The normalized spacial score (nSPS) is 10.4. The van der Waals surface area contributed by atoms with Gasteiger partial charge in [0.1, 0.15) is 5.69 Å². The molecule has 0 spiro atoms. The fourth-order valence-corrected chi connectivity index (χ4v) is 2.14. The molecule has 0 saturated heterocycles. The van der Waals surface area contributed by atoms with E-state index < -0.39 is 0 Å². The van der Waals surface area contributed by atoms with Crippen molar-refractivity contribution in [3.63, 3.8) is 0 Å². The van der Waals surface area contributed by atoms with Gasteiger partial charge in [0.05, 0.1) is 0 Å². The number of carbonyl (C=O) groups is 1. The summed E-state index contributed by atoms with van der Waals surface area (Å²) in [6, 6.07) is 5.66. The molecule has 0 aliphatic rings. The summed E-state index contributed by atoms with van der Waals surface area (Å²) >= 11 is 3.33. The van der Waals surface area contributed by atoms with Gasteiger partial charge in [0.25, 0.3) is 0 Å². The smallest absolute Gasteiger partial charge is 0.156 e. The van der Waals surface area contributed by atoms with Gasteiger partial charge in [-0.2, -0.15) is 0 Å². The first kappa shape index (κ1) is 11.0. The van der Waals surface area contributed by atoms with Gasteiger partial charge in [-0.25, -0.2) is 4.68 Å². The Morgan fingerprint density at radius 3 is 2.75 bits per heavy atom. The van der Waals surface area contributed by atoms with Crippen molar-refractivity contribution in [3.8, 4) is 11.3 Å². The van der Waals surface area contributed by atoms with E-state index in [1.807, 2.05) is 19.1 Å². The molecule has 0 aliphatic heterocycles. The lowest BCUT2D eigenvalue weighted by Crippen LogP contribution is -1.97. The third kappa shape index (κ3) is 1.78. The van der Waals surface area contributed by atoms with Crippen LogP contribution in [0.2, 0.25) is 0 Å². The summed E-state index contributed by atoms with van der Waals surface area (Å²) in [6.07, 6.45) is 0.841. The van der Waals surface area contributed by atoms with Gasteiger partial charge >= 0.3 is 0 Å². The van der Waals surface area contributed by atoms with E-state index in [4.69, 9.17) is 0 Å². The molecule has 5 heteroatoms. The van der Waals surface area contributed by atoms with E-state index in [0.717, 1.165) is 23.1 Å². The van der Waals surface area contributed by atoms with Crippen LogP contribution >= 0.6 is 15.9 Å². The van der Waals surface area contributed by atoms with Crippen LogP contribution in [-0.2, 0) is 7.05 Å². The Hall–Kier alpha value is -1.49. The Bertz CT molecular complexity index is 529. The highest BCUT2D eigenvalue weighted by Crippen LogP contribution is 2.28. The summed E-state index contributed by atoms with van der Waals surface area (Å²) in [6.45, 7) is 1.98. The highest BCUT2D eigenvalue weighted by Gasteiger charge is 2.14. The topological polar surface area (TPSA) is 47.8 Å². The van der Waals surface area contributed by atoms with E-state index in [-0.39, 0.29) is 0 Å². The number of rotatable bonds is 2. The summed E-state index contributed by atoms with van der Waals surface area (Å²) in [4.78, 5) is 11.0. The number of halogens is 1. The van der Waals surface area contributed by atoms with Crippen LogP contribution in [0.25, 0.3) is 11.3 Å². The molecular formula is C11H10BrN3O. The molecule has 4 nitrogen and oxygen atoms in total. The van der Waals surface area contributed by atoms with Gasteiger partial charge in [-0.05, 0) is 28.9 Å². The Morgan fingerprint density at radius 1 is 1.44 bits per heavy atom. The van der Waals surface area contributed by atoms with Gasteiger partial charge in [0, 0.05) is 18.2 Å². The zero-order valence-corrected chi connectivity index (χ0v) is 10.5. The van der Waals surface area contributed by atoms with Crippen molar-refractivity contribution in [2.24, 2.45) is 7.05 Å². The molecule has 0 amide bonds. The molecule has 0 radical (unpaired) electrons. The zero-order valence-electron chi connectivity index (χ0n) is 8.94. The third-order valence-electron chi connectivity index (χ3n) is 2.38. The number of benzene rings is 1. The molecule has 1 heterocycles. The maximum absolute atomic E-state index is 11.0. The molecule has 2 aromatic rings. The minimum absolute atomic E-state index is 0.636. The fraction of sp³-hybridized carbons (Fsp3) is 0.182. The molecule has 0 aliphatic carbocycles. The van der Waals surface area contributed by atoms with Crippen molar-refractivity contribution in [3.05, 3.63) is 33.9 Å². The molecule has 82 valence electrons. The molecule has 1 aromatic heterocycles. The minimum Gasteiger partial charge on any atom is -0.298 e. The quantitative estimate of drug-likeness (QED) is 0.793. The molecule has 1 aromatic carbocycles. The lowest BCUT2D eigenvalue weighted by atomic mass is 10.0. The Labute approximate surface area is 101 Å². The molecular weight excluding hydrogens is 270 g/mol. The first-order chi connectivity index (χ1) is 7.63. The van der Waals surface area contributed by atoms with Crippen molar-refractivity contribution in [2.45, 2.75) is 6.92 Å². The van der Waals surface area contributed by atoms with Gasteiger partial charge in [0.2, 0.25) is 0 Å². The van der Waals surface area contributed by atoms with Gasteiger partial charge in [-0.3, -0.25) is 4.79 Å². The Balaban J connectivity index is 2.72. The average Bonchev–Trinajstić information content (AvgIpc) is 2.58. The van der Waals surface area contributed by atoms with Crippen LogP contribution in [-0.4, -0.2) is 21.3 Å². The monoisotopic (exact) mass is 279 g/mol. The van der Waals surface area contributed by atoms with E-state index in [1.54, 1.807) is 17.8 Å². The summed E-state index contributed by atoms with van der Waals surface area (Å²) in [5.41, 5.74) is 3.38. The highest BCUT2D eigenvalue weighted by molar-refractivity contribution is 9.10. The minimum atomic E-state index is 0.636. The maximum atomic E-state index is 11.0. The van der Waals surface area contributed by atoms with Crippen molar-refractivity contribution >= 4 is 22.2 Å². The number of aldehydes is 1. The van der Waals surface area contributed by atoms with Crippen LogP contribution in [0, 0.1) is 6.92 Å². The van der Waals surface area contributed by atoms with E-state index in [9.17, 15) is 4.79 Å². The van der Waals surface area contributed by atoms with Gasteiger partial charge in [-0.1, -0.05) is 22.9 Å². The van der Waals surface area contributed by atoms with Crippen LogP contribution < -0.4 is 0 Å². The first-order valence-corrected chi connectivity index (χ1v) is 5.54. The summed E-state index contributed by atoms with van der Waals surface area (Å²) < 4.78 is 2.29. The molecule has 2 rings (SSSR count). The third-order valence-corrected chi connectivity index (χ3v) is 2.91. The number of hydrogen-bond donors (Lipinski definition) is 0. The average molecular weight is 280 g/mol. The molecule has 0 bridgehead atoms. The molecule has 0 unspecified atom stereocenters. The Kier molecular flexibility index (Phi) is 2.87. The van der Waals surface area contributed by atoms with Gasteiger partial charge in [0.15, 0.2) is 10.9 Å². The number of carbonyl (C=O) groups excluding carboxylic acids is 1. The standard InChI is InChI=1S/C11H10BrN3O/c1-7-3-4-8(6-16)9(5-7)10-11(12)13-14-15(10)2/h3-6H,1-2H3. The molecule has 0 saturated carbocycles. The number of nitrogens with zero attached hydrogens (tertiary/aromatic N) is 3. The number of hydrogen-bond acceptors (Lipinski definition) is 3. The molecule has 0 fully saturated rings. The number of aromatic nitrogens is 3. The second-order valence-corrected chi connectivity index (χ2v) is 4.31. The Morgan fingerprint density at radius 2 is 2.19 bits per heavy atom. The first-order valence-electron chi connectivity index (χ1n) is 4.75. The number of aryl methyl sites for hydroxylation is 2. The zero-order chi connectivity index (χ0) is 11.7. The van der Waals surface area contributed by atoms with E-state index in [0.29, 0.717) is 10.2 Å². The molecule has 0 N–H and O–H groups in total. The van der Waals surface area contributed by atoms with Crippen molar-refractivity contribution in [2.75, 3.05) is 0 Å². The second-order valence-electron chi connectivity index (χ2n) is 3.56. The second kappa shape index (κ2) is 4.17. The van der Waals surface area contributed by atoms with Gasteiger partial charge in [-0.15, -0.1) is 5.10 Å². The van der Waals surface area contributed by atoms with Gasteiger partial charge < -0.3 is 0 Å². The molecule has 0 atom stereocenters. The van der Waals surface area contributed by atoms with E-state index in [1.165, 1.54) is 0 Å². The maximum Gasteiger partial charge on any atom is 0.156 e. The van der Waals surface area contributed by atoms with Crippen molar-refractivity contribution in [1.29, 1.82) is 0 Å². The van der Waals surface area contributed by atoms with Crippen LogP contribution in [0.3, 0.4) is 0 Å². The lowest BCUT2D eigenvalue weighted by molar-refractivity contribution is 0.112.